The summed E-state index contributed by atoms with van der Waals surface area (Å²) in [4.78, 5) is 31.8. The molecule has 2 heterocycles. The van der Waals surface area contributed by atoms with Crippen molar-refractivity contribution in [3.63, 3.8) is 0 Å². The number of methoxy groups -OCH3 is 2. The van der Waals surface area contributed by atoms with E-state index in [0.29, 0.717) is 18.9 Å². The zero-order chi connectivity index (χ0) is 14.0. The number of hydrogen-bond donors (Lipinski definition) is 1. The van der Waals surface area contributed by atoms with Gasteiger partial charge < -0.3 is 19.4 Å². The summed E-state index contributed by atoms with van der Waals surface area (Å²) in [6, 6.07) is 0. The molecule has 0 spiro atoms. The third-order valence-corrected chi connectivity index (χ3v) is 3.41. The van der Waals surface area contributed by atoms with E-state index in [1.165, 1.54) is 20.5 Å². The van der Waals surface area contributed by atoms with E-state index in [1.54, 1.807) is 0 Å². The van der Waals surface area contributed by atoms with Gasteiger partial charge in [-0.25, -0.2) is 4.98 Å². The summed E-state index contributed by atoms with van der Waals surface area (Å²) in [5, 5.41) is 0. The third-order valence-electron chi connectivity index (χ3n) is 3.41. The predicted molar refractivity (Wildman–Crippen MR) is 68.3 cm³/mol. The van der Waals surface area contributed by atoms with Crippen molar-refractivity contribution < 1.29 is 14.3 Å². The number of H-pyrrole nitrogens is 1. The normalized spacial score (nSPS) is 22.4. The highest BCUT2D eigenvalue weighted by Gasteiger charge is 2.37. The first-order chi connectivity index (χ1) is 9.08. The number of aromatic amines is 1. The predicted octanol–water partition coefficient (Wildman–Crippen LogP) is 0.0238. The highest BCUT2D eigenvalue weighted by molar-refractivity contribution is 5.74. The van der Waals surface area contributed by atoms with E-state index in [1.807, 2.05) is 11.8 Å². The van der Waals surface area contributed by atoms with Gasteiger partial charge in [-0.3, -0.25) is 9.59 Å². The molecule has 1 aromatic rings. The van der Waals surface area contributed by atoms with E-state index in [9.17, 15) is 9.59 Å². The molecule has 1 aliphatic heterocycles. The van der Waals surface area contributed by atoms with E-state index in [-0.39, 0.29) is 29.1 Å². The van der Waals surface area contributed by atoms with Crippen molar-refractivity contribution in [3.05, 3.63) is 16.7 Å². The van der Waals surface area contributed by atoms with Crippen LogP contribution in [0.25, 0.3) is 0 Å². The molecule has 2 rings (SSSR count). The molecule has 1 saturated heterocycles. The summed E-state index contributed by atoms with van der Waals surface area (Å²) in [5.41, 5.74) is -0.332. The van der Waals surface area contributed by atoms with E-state index < -0.39 is 0 Å². The van der Waals surface area contributed by atoms with Gasteiger partial charge >= 0.3 is 5.97 Å². The molecule has 1 N–H and O–H groups in total. The van der Waals surface area contributed by atoms with Gasteiger partial charge in [0, 0.05) is 13.1 Å². The number of anilines is 1. The first kappa shape index (κ1) is 13.4. The number of ether oxygens (including phenoxy) is 2. The first-order valence-electron chi connectivity index (χ1n) is 6.03. The molecule has 0 saturated carbocycles. The quantitative estimate of drug-likeness (QED) is 0.777. The SMILES string of the molecule is COC(=O)C1CN(c2nc[nH]c(=O)c2OC)CC1C. The largest absolute Gasteiger partial charge is 0.489 e. The van der Waals surface area contributed by atoms with E-state index in [2.05, 4.69) is 9.97 Å². The molecule has 1 fully saturated rings. The minimum atomic E-state index is -0.332. The van der Waals surface area contributed by atoms with E-state index in [4.69, 9.17) is 9.47 Å². The van der Waals surface area contributed by atoms with Crippen molar-refractivity contribution in [3.8, 4) is 5.75 Å². The van der Waals surface area contributed by atoms with Crippen LogP contribution in [0.1, 0.15) is 6.92 Å². The zero-order valence-corrected chi connectivity index (χ0v) is 11.2. The average molecular weight is 267 g/mol. The summed E-state index contributed by atoms with van der Waals surface area (Å²) in [7, 11) is 2.80. The van der Waals surface area contributed by atoms with Crippen molar-refractivity contribution in [2.24, 2.45) is 11.8 Å². The van der Waals surface area contributed by atoms with Crippen molar-refractivity contribution in [1.29, 1.82) is 0 Å². The Morgan fingerprint density at radius 2 is 2.21 bits per heavy atom. The molecule has 1 aliphatic rings. The third kappa shape index (κ3) is 2.40. The fraction of sp³-hybridized carbons (Fsp3) is 0.583. The van der Waals surface area contributed by atoms with Crippen LogP contribution in [-0.4, -0.2) is 43.2 Å². The van der Waals surface area contributed by atoms with Crippen LogP contribution in [0.3, 0.4) is 0 Å². The number of nitrogens with one attached hydrogen (secondary N) is 1. The Labute approximate surface area is 110 Å². The van der Waals surface area contributed by atoms with Gasteiger partial charge in [-0.1, -0.05) is 6.92 Å². The Kier molecular flexibility index (Phi) is 3.73. The second kappa shape index (κ2) is 5.29. The number of carbonyl (C=O) groups excluding carboxylic acids is 1. The molecule has 1 aromatic heterocycles. The number of esters is 1. The topological polar surface area (TPSA) is 84.5 Å². The maximum atomic E-state index is 11.7. The minimum absolute atomic E-state index is 0.137. The van der Waals surface area contributed by atoms with Crippen LogP contribution >= 0.6 is 0 Å². The molecule has 0 aliphatic carbocycles. The van der Waals surface area contributed by atoms with Crippen LogP contribution in [0.4, 0.5) is 5.82 Å². The number of carbonyl (C=O) groups is 1. The molecule has 7 nitrogen and oxygen atoms in total. The molecule has 2 atom stereocenters. The molecule has 0 radical (unpaired) electrons. The highest BCUT2D eigenvalue weighted by atomic mass is 16.5. The maximum Gasteiger partial charge on any atom is 0.310 e. The Morgan fingerprint density at radius 3 is 2.84 bits per heavy atom. The fourth-order valence-electron chi connectivity index (χ4n) is 2.38. The second-order valence-electron chi connectivity index (χ2n) is 4.60. The molecular formula is C12H17N3O4. The van der Waals surface area contributed by atoms with Crippen LogP contribution < -0.4 is 15.2 Å². The van der Waals surface area contributed by atoms with E-state index >= 15 is 0 Å². The van der Waals surface area contributed by atoms with Crippen LogP contribution in [0.2, 0.25) is 0 Å². The summed E-state index contributed by atoms with van der Waals surface area (Å²) in [5.74, 6) is 0.317. The lowest BCUT2D eigenvalue weighted by Crippen LogP contribution is -2.26. The molecule has 7 heteroatoms. The van der Waals surface area contributed by atoms with Crippen LogP contribution in [0.15, 0.2) is 11.1 Å². The summed E-state index contributed by atoms with van der Waals surface area (Å²) in [6.45, 7) is 3.08. The lowest BCUT2D eigenvalue weighted by molar-refractivity contribution is -0.145. The van der Waals surface area contributed by atoms with Gasteiger partial charge in [0.1, 0.15) is 0 Å². The first-order valence-corrected chi connectivity index (χ1v) is 6.03. The summed E-state index contributed by atoms with van der Waals surface area (Å²) >= 11 is 0. The minimum Gasteiger partial charge on any atom is -0.489 e. The van der Waals surface area contributed by atoms with Gasteiger partial charge in [0.15, 0.2) is 5.82 Å². The number of nitrogens with zero attached hydrogens (tertiary/aromatic N) is 2. The lowest BCUT2D eigenvalue weighted by atomic mass is 9.99. The fourth-order valence-corrected chi connectivity index (χ4v) is 2.38. The average Bonchev–Trinajstić information content (AvgIpc) is 2.79. The van der Waals surface area contributed by atoms with Gasteiger partial charge in [0.2, 0.25) is 5.75 Å². The van der Waals surface area contributed by atoms with Gasteiger partial charge in [-0.2, -0.15) is 0 Å². The van der Waals surface area contributed by atoms with E-state index in [0.717, 1.165) is 0 Å². The standard InChI is InChI=1S/C12H17N3O4/c1-7-4-15(5-8(7)12(17)19-3)10-9(18-2)11(16)14-6-13-10/h6-8H,4-5H2,1-3H3,(H,13,14,16). The lowest BCUT2D eigenvalue weighted by Gasteiger charge is -2.18. The Morgan fingerprint density at radius 1 is 1.47 bits per heavy atom. The zero-order valence-electron chi connectivity index (χ0n) is 11.2. The summed E-state index contributed by atoms with van der Waals surface area (Å²) < 4.78 is 9.87. The van der Waals surface area contributed by atoms with Crippen molar-refractivity contribution in [1.82, 2.24) is 9.97 Å². The summed E-state index contributed by atoms with van der Waals surface area (Å²) in [6.07, 6.45) is 1.33. The molecule has 2 unspecified atom stereocenters. The van der Waals surface area contributed by atoms with Crippen molar-refractivity contribution >= 4 is 11.8 Å². The molecular weight excluding hydrogens is 250 g/mol. The maximum absolute atomic E-state index is 11.7. The van der Waals surface area contributed by atoms with Gasteiger partial charge in [0.25, 0.3) is 5.56 Å². The molecule has 0 aromatic carbocycles. The number of hydrogen-bond acceptors (Lipinski definition) is 6. The van der Waals surface area contributed by atoms with Crippen molar-refractivity contribution in [2.75, 3.05) is 32.2 Å². The monoisotopic (exact) mass is 267 g/mol. The van der Waals surface area contributed by atoms with Gasteiger partial charge in [-0.15, -0.1) is 0 Å². The Balaban J connectivity index is 2.28. The Hall–Kier alpha value is -2.05. The van der Waals surface area contributed by atoms with Gasteiger partial charge in [0.05, 0.1) is 26.5 Å². The molecule has 0 amide bonds. The van der Waals surface area contributed by atoms with Gasteiger partial charge in [-0.05, 0) is 5.92 Å². The molecule has 104 valence electrons. The number of rotatable bonds is 3. The van der Waals surface area contributed by atoms with Crippen LogP contribution in [0, 0.1) is 11.8 Å². The Bertz CT molecular complexity index is 528. The van der Waals surface area contributed by atoms with Crippen LogP contribution in [-0.2, 0) is 9.53 Å². The smallest absolute Gasteiger partial charge is 0.310 e. The highest BCUT2D eigenvalue weighted by Crippen LogP contribution is 2.30. The molecule has 0 bridgehead atoms. The van der Waals surface area contributed by atoms with Crippen molar-refractivity contribution in [2.45, 2.75) is 6.92 Å². The number of aromatic nitrogens is 2. The second-order valence-corrected chi connectivity index (χ2v) is 4.60. The molecule has 19 heavy (non-hydrogen) atoms. The van der Waals surface area contributed by atoms with Crippen LogP contribution in [0.5, 0.6) is 5.75 Å².